The number of benzene rings is 1. The molecule has 0 saturated carbocycles. The zero-order valence-electron chi connectivity index (χ0n) is 17.5. The third kappa shape index (κ3) is 7.13. The van der Waals surface area contributed by atoms with Crippen molar-refractivity contribution in [2.75, 3.05) is 6.61 Å². The fraction of sp³-hybridized carbons (Fsp3) is 0.583. The van der Waals surface area contributed by atoms with E-state index in [-0.39, 0.29) is 0 Å². The quantitative estimate of drug-likeness (QED) is 0.145. The first-order valence-electron chi connectivity index (χ1n) is 10.7. The van der Waals surface area contributed by atoms with Crippen LogP contribution in [0.25, 0.3) is 3.59 Å². The van der Waals surface area contributed by atoms with Crippen LogP contribution in [-0.4, -0.2) is 25.0 Å². The van der Waals surface area contributed by atoms with Crippen LogP contribution >= 0.6 is 0 Å². The van der Waals surface area contributed by atoms with Gasteiger partial charge in [0.1, 0.15) is 0 Å². The third-order valence-corrected chi connectivity index (χ3v) is 21.1. The molecule has 2 heteroatoms. The predicted molar refractivity (Wildman–Crippen MR) is 121 cm³/mol. The van der Waals surface area contributed by atoms with Crippen molar-refractivity contribution in [3.63, 3.8) is 0 Å². The molecule has 1 aromatic carbocycles. The fourth-order valence-electron chi connectivity index (χ4n) is 3.75. The van der Waals surface area contributed by atoms with Gasteiger partial charge in [-0.1, -0.05) is 0 Å². The molecule has 0 unspecified atom stereocenters. The molecule has 0 aliphatic rings. The van der Waals surface area contributed by atoms with Crippen LogP contribution in [0.1, 0.15) is 71.3 Å². The van der Waals surface area contributed by atoms with Gasteiger partial charge in [0.25, 0.3) is 0 Å². The van der Waals surface area contributed by atoms with Crippen molar-refractivity contribution in [1.29, 1.82) is 0 Å². The molecule has 0 N–H and O–H groups in total. The van der Waals surface area contributed by atoms with E-state index >= 15 is 0 Å². The standard InChI is InChI=1S/C12H13O.3C4H9.Sn/c1-3-5-10-13-12-9-7-6-8-11(12)4-2;3*1-3-4-2;/h3,6-9H,1-2,5,10H2;3*1,3-4H2,2H3;. The van der Waals surface area contributed by atoms with Crippen LogP contribution in [0.15, 0.2) is 43.5 Å². The van der Waals surface area contributed by atoms with Gasteiger partial charge in [0.05, 0.1) is 0 Å². The number of ether oxygens (including phenoxy) is 1. The van der Waals surface area contributed by atoms with Gasteiger partial charge >= 0.3 is 167 Å². The molecule has 0 aliphatic carbocycles. The summed E-state index contributed by atoms with van der Waals surface area (Å²) in [6.45, 7) is 16.2. The Labute approximate surface area is 166 Å². The molecule has 1 rings (SSSR count). The van der Waals surface area contributed by atoms with Crippen LogP contribution in [0, 0.1) is 0 Å². The first-order chi connectivity index (χ1) is 12.6. The number of unbranched alkanes of at least 4 members (excludes halogenated alkanes) is 3. The SMILES string of the molecule is C=CCCOc1ccccc1[C](=C)[Sn]([CH2]CCC)([CH2]CCC)[CH2]CCC. The number of hydrogen-bond acceptors (Lipinski definition) is 1. The van der Waals surface area contributed by atoms with Crippen LogP contribution in [0.4, 0.5) is 0 Å². The second kappa shape index (κ2) is 13.5. The summed E-state index contributed by atoms with van der Waals surface area (Å²) in [6, 6.07) is 8.61. The molecule has 0 heterocycles. The van der Waals surface area contributed by atoms with Gasteiger partial charge in [-0.2, -0.15) is 0 Å². The van der Waals surface area contributed by atoms with Crippen molar-refractivity contribution < 1.29 is 4.74 Å². The minimum atomic E-state index is -2.49. The summed E-state index contributed by atoms with van der Waals surface area (Å²) in [4.78, 5) is 0. The normalized spacial score (nSPS) is 11.3. The fourth-order valence-corrected chi connectivity index (χ4v) is 19.5. The average molecular weight is 463 g/mol. The van der Waals surface area contributed by atoms with Crippen molar-refractivity contribution >= 4 is 22.0 Å². The molecule has 0 radical (unpaired) electrons. The van der Waals surface area contributed by atoms with E-state index in [1.807, 2.05) is 6.08 Å². The molecule has 1 nitrogen and oxygen atoms in total. The van der Waals surface area contributed by atoms with Crippen LogP contribution in [0.2, 0.25) is 13.3 Å². The van der Waals surface area contributed by atoms with Crippen LogP contribution in [-0.2, 0) is 0 Å². The Balaban J connectivity index is 3.17. The minimum absolute atomic E-state index is 0.704. The summed E-state index contributed by atoms with van der Waals surface area (Å²) >= 11 is -2.49. The second-order valence-electron chi connectivity index (χ2n) is 7.49. The van der Waals surface area contributed by atoms with E-state index in [0.29, 0.717) is 6.61 Å². The van der Waals surface area contributed by atoms with Gasteiger partial charge in [-0.25, -0.2) is 0 Å². The zero-order valence-corrected chi connectivity index (χ0v) is 20.3. The van der Waals surface area contributed by atoms with Crippen molar-refractivity contribution in [2.24, 2.45) is 0 Å². The molecule has 0 aliphatic heterocycles. The van der Waals surface area contributed by atoms with Gasteiger partial charge in [-0.3, -0.25) is 0 Å². The van der Waals surface area contributed by atoms with E-state index in [4.69, 9.17) is 11.3 Å². The number of para-hydroxylation sites is 1. The van der Waals surface area contributed by atoms with E-state index in [9.17, 15) is 0 Å². The average Bonchev–Trinajstić information content (AvgIpc) is 2.68. The van der Waals surface area contributed by atoms with Gasteiger partial charge in [-0.05, 0) is 0 Å². The molecule has 0 fully saturated rings. The van der Waals surface area contributed by atoms with E-state index in [1.165, 1.54) is 61.0 Å². The van der Waals surface area contributed by atoms with E-state index in [0.717, 1.165) is 12.2 Å². The maximum absolute atomic E-state index is 6.11. The first kappa shape index (κ1) is 23.3. The summed E-state index contributed by atoms with van der Waals surface area (Å²) in [7, 11) is 0. The van der Waals surface area contributed by atoms with Crippen molar-refractivity contribution in [1.82, 2.24) is 0 Å². The molecule has 0 atom stereocenters. The van der Waals surface area contributed by atoms with Gasteiger partial charge in [0.15, 0.2) is 0 Å². The zero-order chi connectivity index (χ0) is 19.3. The Morgan fingerprint density at radius 3 is 2.00 bits per heavy atom. The van der Waals surface area contributed by atoms with Gasteiger partial charge in [-0.15, -0.1) is 0 Å². The van der Waals surface area contributed by atoms with Crippen LogP contribution in [0.3, 0.4) is 0 Å². The van der Waals surface area contributed by atoms with E-state index in [2.05, 4.69) is 51.6 Å². The third-order valence-electron chi connectivity index (χ3n) is 5.46. The van der Waals surface area contributed by atoms with Crippen molar-refractivity contribution in [3.05, 3.63) is 49.1 Å². The van der Waals surface area contributed by atoms with Gasteiger partial charge in [0.2, 0.25) is 0 Å². The van der Waals surface area contributed by atoms with Crippen molar-refractivity contribution in [3.8, 4) is 5.75 Å². The Kier molecular flexibility index (Phi) is 12.1. The Bertz CT molecular complexity index is 513. The van der Waals surface area contributed by atoms with Crippen LogP contribution in [0.5, 0.6) is 5.75 Å². The molecular weight excluding hydrogens is 423 g/mol. The topological polar surface area (TPSA) is 9.23 Å². The maximum atomic E-state index is 6.11. The van der Waals surface area contributed by atoms with Gasteiger partial charge in [0, 0.05) is 0 Å². The number of hydrogen-bond donors (Lipinski definition) is 0. The molecule has 1 aromatic rings. The van der Waals surface area contributed by atoms with Gasteiger partial charge < -0.3 is 0 Å². The molecular formula is C24H40OSn. The molecule has 0 spiro atoms. The molecule has 26 heavy (non-hydrogen) atoms. The summed E-state index contributed by atoms with van der Waals surface area (Å²) in [5.74, 6) is 1.03. The Morgan fingerprint density at radius 2 is 1.50 bits per heavy atom. The summed E-state index contributed by atoms with van der Waals surface area (Å²) in [6.07, 6.45) is 10.8. The molecule has 0 aromatic heterocycles. The molecule has 0 amide bonds. The molecule has 146 valence electrons. The Morgan fingerprint density at radius 1 is 0.962 bits per heavy atom. The molecule has 0 saturated heterocycles. The predicted octanol–water partition coefficient (Wildman–Crippen LogP) is 8.04. The van der Waals surface area contributed by atoms with E-state index in [1.54, 1.807) is 0 Å². The molecule has 0 bridgehead atoms. The Hall–Kier alpha value is -0.701. The summed E-state index contributed by atoms with van der Waals surface area (Å²) < 4.78 is 12.0. The van der Waals surface area contributed by atoms with Crippen molar-refractivity contribution in [2.45, 2.75) is 79.0 Å². The summed E-state index contributed by atoms with van der Waals surface area (Å²) in [5.41, 5.74) is 1.30. The first-order valence-corrected chi connectivity index (χ1v) is 18.2. The summed E-state index contributed by atoms with van der Waals surface area (Å²) in [5, 5.41) is 0. The monoisotopic (exact) mass is 464 g/mol. The number of rotatable bonds is 15. The van der Waals surface area contributed by atoms with Crippen LogP contribution < -0.4 is 4.74 Å². The second-order valence-corrected chi connectivity index (χ2v) is 20.8. The van der Waals surface area contributed by atoms with E-state index < -0.39 is 18.4 Å².